The molecule has 0 aliphatic carbocycles. The fraction of sp³-hybridized carbons (Fsp3) is 0.800. The molecule has 1 aliphatic rings. The van der Waals surface area contributed by atoms with E-state index in [1.54, 1.807) is 4.90 Å². The lowest BCUT2D eigenvalue weighted by molar-refractivity contribution is -0.145. The molecule has 7 nitrogen and oxygen atoms in total. The first kappa shape index (κ1) is 18.4. The minimum Gasteiger partial charge on any atom is -0.480 e. The second kappa shape index (κ2) is 7.58. The van der Waals surface area contributed by atoms with Gasteiger partial charge >= 0.3 is 5.97 Å². The average Bonchev–Trinajstić information content (AvgIpc) is 2.85. The molecule has 1 heterocycles. The van der Waals surface area contributed by atoms with Crippen LogP contribution in [-0.2, 0) is 19.1 Å². The van der Waals surface area contributed by atoms with Crippen molar-refractivity contribution in [3.8, 4) is 0 Å². The number of carboxylic acid groups (broad SMARTS) is 1. The van der Waals surface area contributed by atoms with Crippen LogP contribution in [-0.4, -0.2) is 60.1 Å². The molecule has 126 valence electrons. The number of rotatable bonds is 6. The molecule has 22 heavy (non-hydrogen) atoms. The maximum absolute atomic E-state index is 12.3. The second-order valence-corrected chi connectivity index (χ2v) is 6.84. The Morgan fingerprint density at radius 2 is 2.00 bits per heavy atom. The van der Waals surface area contributed by atoms with Gasteiger partial charge in [-0.2, -0.15) is 0 Å². The molecule has 2 amide bonds. The lowest BCUT2D eigenvalue weighted by Gasteiger charge is -2.28. The van der Waals surface area contributed by atoms with Gasteiger partial charge in [0.25, 0.3) is 0 Å². The molecule has 0 aromatic carbocycles. The van der Waals surface area contributed by atoms with Crippen LogP contribution in [0.25, 0.3) is 0 Å². The molecule has 1 saturated heterocycles. The summed E-state index contributed by atoms with van der Waals surface area (Å²) in [6.07, 6.45) is 1.66. The summed E-state index contributed by atoms with van der Waals surface area (Å²) in [6, 6.07) is -1.69. The Morgan fingerprint density at radius 1 is 1.36 bits per heavy atom. The molecule has 2 N–H and O–H groups in total. The Hall–Kier alpha value is -1.63. The van der Waals surface area contributed by atoms with E-state index in [1.165, 1.54) is 7.11 Å². The number of amides is 2. The van der Waals surface area contributed by atoms with Crippen LogP contribution in [0.5, 0.6) is 0 Å². The highest BCUT2D eigenvalue weighted by molar-refractivity contribution is 5.91. The van der Waals surface area contributed by atoms with E-state index >= 15 is 0 Å². The largest absolute Gasteiger partial charge is 0.480 e. The first-order valence-electron chi connectivity index (χ1n) is 7.47. The lowest BCUT2D eigenvalue weighted by Crippen LogP contribution is -2.52. The number of carbonyl (C=O) groups is 3. The summed E-state index contributed by atoms with van der Waals surface area (Å²) in [6.45, 7) is 6.33. The molecule has 1 rings (SSSR count). The zero-order valence-electron chi connectivity index (χ0n) is 13.7. The molecule has 0 bridgehead atoms. The van der Waals surface area contributed by atoms with Gasteiger partial charge in [0, 0.05) is 20.1 Å². The van der Waals surface area contributed by atoms with E-state index in [4.69, 9.17) is 9.84 Å². The van der Waals surface area contributed by atoms with Crippen molar-refractivity contribution in [1.82, 2.24) is 10.2 Å². The fourth-order valence-corrected chi connectivity index (χ4v) is 2.50. The Morgan fingerprint density at radius 3 is 2.50 bits per heavy atom. The number of carbonyl (C=O) groups excluding carboxylic acids is 2. The number of ether oxygens (including phenoxy) is 1. The molecule has 7 heteroatoms. The third kappa shape index (κ3) is 5.29. The summed E-state index contributed by atoms with van der Waals surface area (Å²) in [5.41, 5.74) is -0.152. The van der Waals surface area contributed by atoms with E-state index < -0.39 is 24.0 Å². The van der Waals surface area contributed by atoms with Crippen LogP contribution in [0.4, 0.5) is 0 Å². The van der Waals surface area contributed by atoms with E-state index in [0.29, 0.717) is 19.4 Å². The summed E-state index contributed by atoms with van der Waals surface area (Å²) >= 11 is 0. The smallest absolute Gasteiger partial charge is 0.328 e. The van der Waals surface area contributed by atoms with E-state index in [1.807, 2.05) is 20.8 Å². The van der Waals surface area contributed by atoms with Gasteiger partial charge in [0.05, 0.1) is 6.61 Å². The third-order valence-corrected chi connectivity index (χ3v) is 3.51. The van der Waals surface area contributed by atoms with Crippen molar-refractivity contribution in [1.29, 1.82) is 0 Å². The summed E-state index contributed by atoms with van der Waals surface area (Å²) in [5, 5.41) is 11.5. The summed E-state index contributed by atoms with van der Waals surface area (Å²) < 4.78 is 4.79. The van der Waals surface area contributed by atoms with Crippen molar-refractivity contribution in [3.63, 3.8) is 0 Å². The molecule has 0 saturated carbocycles. The predicted molar refractivity (Wildman–Crippen MR) is 80.2 cm³/mol. The van der Waals surface area contributed by atoms with E-state index in [0.717, 1.165) is 6.42 Å². The van der Waals surface area contributed by atoms with Gasteiger partial charge in [-0.25, -0.2) is 4.79 Å². The van der Waals surface area contributed by atoms with Crippen LogP contribution in [0, 0.1) is 5.41 Å². The van der Waals surface area contributed by atoms with Gasteiger partial charge in [-0.05, 0) is 18.3 Å². The number of aliphatic carboxylic acids is 1. The number of hydrogen-bond donors (Lipinski definition) is 2. The van der Waals surface area contributed by atoms with Crippen molar-refractivity contribution in [3.05, 3.63) is 0 Å². The summed E-state index contributed by atoms with van der Waals surface area (Å²) in [7, 11) is 1.37. The highest BCUT2D eigenvalue weighted by Crippen LogP contribution is 2.24. The SMILES string of the molecule is COCC(NC(=O)C1CCCN1C(=O)CC(C)(C)C)C(=O)O. The maximum Gasteiger partial charge on any atom is 0.328 e. The van der Waals surface area contributed by atoms with Crippen LogP contribution in [0.3, 0.4) is 0 Å². The lowest BCUT2D eigenvalue weighted by atomic mass is 9.91. The van der Waals surface area contributed by atoms with Gasteiger partial charge in [-0.1, -0.05) is 20.8 Å². The Bertz CT molecular complexity index is 430. The first-order valence-corrected chi connectivity index (χ1v) is 7.47. The molecule has 2 atom stereocenters. The molecule has 2 unspecified atom stereocenters. The second-order valence-electron chi connectivity index (χ2n) is 6.84. The Kier molecular flexibility index (Phi) is 6.34. The van der Waals surface area contributed by atoms with Crippen molar-refractivity contribution in [2.45, 2.75) is 52.1 Å². The maximum atomic E-state index is 12.3. The average molecular weight is 314 g/mol. The van der Waals surface area contributed by atoms with Crippen molar-refractivity contribution >= 4 is 17.8 Å². The standard InChI is InChI=1S/C15H26N2O5/c1-15(2,3)8-12(18)17-7-5-6-11(17)13(19)16-10(9-22-4)14(20)21/h10-11H,5-9H2,1-4H3,(H,16,19)(H,20,21). The van der Waals surface area contributed by atoms with Gasteiger partial charge in [0.2, 0.25) is 11.8 Å². The monoisotopic (exact) mass is 314 g/mol. The number of hydrogen-bond acceptors (Lipinski definition) is 4. The zero-order valence-corrected chi connectivity index (χ0v) is 13.7. The van der Waals surface area contributed by atoms with Crippen molar-refractivity contribution in [2.75, 3.05) is 20.3 Å². The fourth-order valence-electron chi connectivity index (χ4n) is 2.50. The predicted octanol–water partition coefficient (Wildman–Crippen LogP) is 0.629. The number of nitrogens with zero attached hydrogens (tertiary/aromatic N) is 1. The summed E-state index contributed by atoms with van der Waals surface area (Å²) in [4.78, 5) is 37.2. The first-order chi connectivity index (χ1) is 10.2. The van der Waals surface area contributed by atoms with E-state index in [2.05, 4.69) is 5.32 Å². The van der Waals surface area contributed by atoms with Crippen molar-refractivity contribution < 1.29 is 24.2 Å². The van der Waals surface area contributed by atoms with Gasteiger partial charge in [-0.3, -0.25) is 9.59 Å². The normalized spacial score (nSPS) is 19.8. The highest BCUT2D eigenvalue weighted by atomic mass is 16.5. The molecule has 0 aromatic rings. The molecular weight excluding hydrogens is 288 g/mol. The minimum absolute atomic E-state index is 0.0660. The van der Waals surface area contributed by atoms with Crippen molar-refractivity contribution in [2.24, 2.45) is 5.41 Å². The van der Waals surface area contributed by atoms with Gasteiger partial charge in [-0.15, -0.1) is 0 Å². The number of methoxy groups -OCH3 is 1. The van der Waals surface area contributed by atoms with Crippen LogP contribution < -0.4 is 5.32 Å². The molecule has 0 aromatic heterocycles. The molecular formula is C15H26N2O5. The summed E-state index contributed by atoms with van der Waals surface area (Å²) in [5.74, 6) is -1.64. The molecule has 1 fully saturated rings. The van der Waals surface area contributed by atoms with Crippen LogP contribution in [0.2, 0.25) is 0 Å². The quantitative estimate of drug-likeness (QED) is 0.749. The van der Waals surface area contributed by atoms with Crippen LogP contribution >= 0.6 is 0 Å². The molecule has 0 spiro atoms. The number of carboxylic acids is 1. The zero-order chi connectivity index (χ0) is 16.9. The van der Waals surface area contributed by atoms with Gasteiger partial charge in [0.1, 0.15) is 6.04 Å². The number of likely N-dealkylation sites (tertiary alicyclic amines) is 1. The minimum atomic E-state index is -1.15. The third-order valence-electron chi connectivity index (χ3n) is 3.51. The molecule has 0 radical (unpaired) electrons. The topological polar surface area (TPSA) is 95.9 Å². The van der Waals surface area contributed by atoms with Gasteiger partial charge in [0.15, 0.2) is 6.04 Å². The van der Waals surface area contributed by atoms with Crippen LogP contribution in [0.15, 0.2) is 0 Å². The molecule has 1 aliphatic heterocycles. The Labute approximate surface area is 131 Å². The van der Waals surface area contributed by atoms with E-state index in [9.17, 15) is 14.4 Å². The Balaban J connectivity index is 2.71. The van der Waals surface area contributed by atoms with Gasteiger partial charge < -0.3 is 20.1 Å². The number of nitrogens with one attached hydrogen (secondary N) is 1. The van der Waals surface area contributed by atoms with Crippen LogP contribution in [0.1, 0.15) is 40.0 Å². The highest BCUT2D eigenvalue weighted by Gasteiger charge is 2.36. The van der Waals surface area contributed by atoms with E-state index in [-0.39, 0.29) is 17.9 Å².